The van der Waals surface area contributed by atoms with Crippen molar-refractivity contribution in [2.75, 3.05) is 26.3 Å². The molecule has 1 N–H and O–H groups in total. The van der Waals surface area contributed by atoms with E-state index >= 15 is 0 Å². The Morgan fingerprint density at radius 2 is 2.46 bits per heavy atom. The number of rotatable bonds is 4. The van der Waals surface area contributed by atoms with Crippen LogP contribution in [-0.2, 0) is 9.47 Å². The Labute approximate surface area is 80.1 Å². The highest BCUT2D eigenvalue weighted by atomic mass is 16.5. The molecule has 1 aliphatic heterocycles. The van der Waals surface area contributed by atoms with Crippen LogP contribution in [0.25, 0.3) is 0 Å². The molecule has 1 aliphatic rings. The highest BCUT2D eigenvalue weighted by Gasteiger charge is 2.27. The third-order valence-electron chi connectivity index (χ3n) is 1.95. The summed E-state index contributed by atoms with van der Waals surface area (Å²) < 4.78 is 11.1. The molecule has 1 heterocycles. The van der Waals surface area contributed by atoms with E-state index in [-0.39, 0.29) is 11.7 Å². The Morgan fingerprint density at radius 1 is 1.69 bits per heavy atom. The molecule has 1 saturated heterocycles. The predicted octanol–water partition coefficient (Wildman–Crippen LogP) is 0.956. The van der Waals surface area contributed by atoms with E-state index < -0.39 is 0 Å². The first-order valence-electron chi connectivity index (χ1n) is 4.71. The summed E-state index contributed by atoms with van der Waals surface area (Å²) >= 11 is 0. The van der Waals surface area contributed by atoms with Crippen LogP contribution in [0.5, 0.6) is 0 Å². The molecule has 0 amide bonds. The van der Waals surface area contributed by atoms with E-state index in [4.69, 9.17) is 9.47 Å². The van der Waals surface area contributed by atoms with E-state index in [0.29, 0.717) is 13.2 Å². The van der Waals surface area contributed by atoms with Crippen molar-refractivity contribution < 1.29 is 9.47 Å². The molecular formula is C10H19NO2. The normalized spacial score (nSPS) is 27.1. The van der Waals surface area contributed by atoms with Crippen LogP contribution in [-0.4, -0.2) is 38.0 Å². The van der Waals surface area contributed by atoms with Crippen LogP contribution in [0.3, 0.4) is 0 Å². The molecule has 0 spiro atoms. The summed E-state index contributed by atoms with van der Waals surface area (Å²) in [5, 5.41) is 3.32. The van der Waals surface area contributed by atoms with Crippen molar-refractivity contribution in [2.24, 2.45) is 0 Å². The zero-order chi connectivity index (χ0) is 9.73. The molecule has 1 rings (SSSR count). The van der Waals surface area contributed by atoms with Gasteiger partial charge in [0.1, 0.15) is 0 Å². The van der Waals surface area contributed by atoms with Crippen LogP contribution >= 0.6 is 0 Å². The SMILES string of the molecule is C=CCOCC1CNCC(C)(C)O1. The van der Waals surface area contributed by atoms with Gasteiger partial charge in [0.15, 0.2) is 0 Å². The van der Waals surface area contributed by atoms with Gasteiger partial charge in [-0.2, -0.15) is 0 Å². The van der Waals surface area contributed by atoms with Gasteiger partial charge in [0, 0.05) is 13.1 Å². The molecule has 3 nitrogen and oxygen atoms in total. The molecule has 1 fully saturated rings. The summed E-state index contributed by atoms with van der Waals surface area (Å²) in [6.07, 6.45) is 1.92. The van der Waals surface area contributed by atoms with Crippen LogP contribution in [0.4, 0.5) is 0 Å². The van der Waals surface area contributed by atoms with E-state index in [1.165, 1.54) is 0 Å². The molecular weight excluding hydrogens is 166 g/mol. The van der Waals surface area contributed by atoms with Gasteiger partial charge in [0.05, 0.1) is 24.9 Å². The maximum atomic E-state index is 5.80. The number of ether oxygens (including phenoxy) is 2. The van der Waals surface area contributed by atoms with Crippen molar-refractivity contribution in [2.45, 2.75) is 25.6 Å². The van der Waals surface area contributed by atoms with Crippen LogP contribution in [0.1, 0.15) is 13.8 Å². The van der Waals surface area contributed by atoms with Gasteiger partial charge in [0.2, 0.25) is 0 Å². The van der Waals surface area contributed by atoms with Crippen molar-refractivity contribution in [1.29, 1.82) is 0 Å². The van der Waals surface area contributed by atoms with E-state index in [0.717, 1.165) is 13.1 Å². The number of hydrogen-bond donors (Lipinski definition) is 1. The number of morpholine rings is 1. The van der Waals surface area contributed by atoms with Crippen LogP contribution in [0.15, 0.2) is 12.7 Å². The molecule has 0 bridgehead atoms. The van der Waals surface area contributed by atoms with Gasteiger partial charge in [-0.3, -0.25) is 0 Å². The van der Waals surface area contributed by atoms with E-state index in [1.54, 1.807) is 6.08 Å². The maximum absolute atomic E-state index is 5.80. The average molecular weight is 185 g/mol. The molecule has 76 valence electrons. The first kappa shape index (κ1) is 10.7. The highest BCUT2D eigenvalue weighted by Crippen LogP contribution is 2.15. The molecule has 3 heteroatoms. The number of hydrogen-bond acceptors (Lipinski definition) is 3. The lowest BCUT2D eigenvalue weighted by Gasteiger charge is -2.36. The summed E-state index contributed by atoms with van der Waals surface area (Å²) in [5.41, 5.74) is -0.0690. The fraction of sp³-hybridized carbons (Fsp3) is 0.800. The minimum atomic E-state index is -0.0690. The highest BCUT2D eigenvalue weighted by molar-refractivity contribution is 4.81. The van der Waals surface area contributed by atoms with Gasteiger partial charge < -0.3 is 14.8 Å². The third-order valence-corrected chi connectivity index (χ3v) is 1.95. The number of nitrogens with one attached hydrogen (secondary N) is 1. The molecule has 0 saturated carbocycles. The largest absolute Gasteiger partial charge is 0.375 e. The second kappa shape index (κ2) is 4.74. The molecule has 0 aromatic rings. The fourth-order valence-electron chi connectivity index (χ4n) is 1.44. The van der Waals surface area contributed by atoms with Crippen LogP contribution in [0.2, 0.25) is 0 Å². The van der Waals surface area contributed by atoms with Gasteiger partial charge in [-0.15, -0.1) is 6.58 Å². The lowest BCUT2D eigenvalue weighted by atomic mass is 10.1. The Morgan fingerprint density at radius 3 is 3.08 bits per heavy atom. The van der Waals surface area contributed by atoms with Crippen molar-refractivity contribution >= 4 is 0 Å². The second-order valence-electron chi connectivity index (χ2n) is 3.96. The predicted molar refractivity (Wildman–Crippen MR) is 52.8 cm³/mol. The van der Waals surface area contributed by atoms with Gasteiger partial charge in [-0.05, 0) is 13.8 Å². The van der Waals surface area contributed by atoms with Crippen molar-refractivity contribution in [1.82, 2.24) is 5.32 Å². The second-order valence-corrected chi connectivity index (χ2v) is 3.96. The minimum Gasteiger partial charge on any atom is -0.375 e. The average Bonchev–Trinajstić information content (AvgIpc) is 2.03. The Balaban J connectivity index is 2.22. The molecule has 0 aliphatic carbocycles. The lowest BCUT2D eigenvalue weighted by molar-refractivity contribution is -0.118. The Bertz CT molecular complexity index is 168. The summed E-state index contributed by atoms with van der Waals surface area (Å²) in [6.45, 7) is 10.8. The minimum absolute atomic E-state index is 0.0690. The fourth-order valence-corrected chi connectivity index (χ4v) is 1.44. The van der Waals surface area contributed by atoms with Crippen LogP contribution < -0.4 is 5.32 Å². The first-order chi connectivity index (χ1) is 6.14. The van der Waals surface area contributed by atoms with Crippen molar-refractivity contribution in [3.63, 3.8) is 0 Å². The smallest absolute Gasteiger partial charge is 0.0940 e. The van der Waals surface area contributed by atoms with E-state index in [9.17, 15) is 0 Å². The van der Waals surface area contributed by atoms with Crippen molar-refractivity contribution in [3.05, 3.63) is 12.7 Å². The monoisotopic (exact) mass is 185 g/mol. The topological polar surface area (TPSA) is 30.5 Å². The zero-order valence-electron chi connectivity index (χ0n) is 8.51. The van der Waals surface area contributed by atoms with Gasteiger partial charge in [0.25, 0.3) is 0 Å². The molecule has 0 radical (unpaired) electrons. The molecule has 1 unspecified atom stereocenters. The van der Waals surface area contributed by atoms with Crippen molar-refractivity contribution in [3.8, 4) is 0 Å². The molecule has 0 aromatic heterocycles. The van der Waals surface area contributed by atoms with E-state index in [1.807, 2.05) is 0 Å². The quantitative estimate of drug-likeness (QED) is 0.522. The Hall–Kier alpha value is -0.380. The van der Waals surface area contributed by atoms with Gasteiger partial charge >= 0.3 is 0 Å². The standard InChI is InChI=1S/C10H19NO2/c1-4-5-12-7-9-6-11-8-10(2,3)13-9/h4,9,11H,1,5-8H2,2-3H3. The molecule has 1 atom stereocenters. The first-order valence-corrected chi connectivity index (χ1v) is 4.71. The molecule has 13 heavy (non-hydrogen) atoms. The summed E-state index contributed by atoms with van der Waals surface area (Å²) in [7, 11) is 0. The summed E-state index contributed by atoms with van der Waals surface area (Å²) in [4.78, 5) is 0. The van der Waals surface area contributed by atoms with Crippen LogP contribution in [0, 0.1) is 0 Å². The van der Waals surface area contributed by atoms with Gasteiger partial charge in [-0.25, -0.2) is 0 Å². The lowest BCUT2D eigenvalue weighted by Crippen LogP contribution is -2.51. The maximum Gasteiger partial charge on any atom is 0.0940 e. The zero-order valence-corrected chi connectivity index (χ0v) is 8.51. The van der Waals surface area contributed by atoms with Gasteiger partial charge in [-0.1, -0.05) is 6.08 Å². The summed E-state index contributed by atoms with van der Waals surface area (Å²) in [6, 6.07) is 0. The summed E-state index contributed by atoms with van der Waals surface area (Å²) in [5.74, 6) is 0. The molecule has 0 aromatic carbocycles. The third kappa shape index (κ3) is 3.89. The van der Waals surface area contributed by atoms with E-state index in [2.05, 4.69) is 25.7 Å². The Kier molecular flexibility index (Phi) is 3.90.